The Kier molecular flexibility index (Phi) is 5.35. The fourth-order valence-electron chi connectivity index (χ4n) is 2.81. The third-order valence-electron chi connectivity index (χ3n) is 4.23. The minimum absolute atomic E-state index is 0.104. The Bertz CT molecular complexity index is 942. The Morgan fingerprint density at radius 3 is 2.27 bits per heavy atom. The van der Waals surface area contributed by atoms with Crippen molar-refractivity contribution in [3.05, 3.63) is 75.0 Å². The van der Waals surface area contributed by atoms with Gasteiger partial charge in [-0.2, -0.15) is 5.10 Å². The molecule has 4 nitrogen and oxygen atoms in total. The number of amides is 1. The summed E-state index contributed by atoms with van der Waals surface area (Å²) in [7, 11) is 0. The highest BCUT2D eigenvalue weighted by Gasteiger charge is 2.17. The van der Waals surface area contributed by atoms with Gasteiger partial charge in [-0.15, -0.1) is 0 Å². The Morgan fingerprint density at radius 1 is 1.04 bits per heavy atom. The van der Waals surface area contributed by atoms with E-state index in [0.29, 0.717) is 21.3 Å². The summed E-state index contributed by atoms with van der Waals surface area (Å²) >= 11 is 12.3. The zero-order valence-electron chi connectivity index (χ0n) is 14.8. The van der Waals surface area contributed by atoms with Crippen molar-refractivity contribution in [2.75, 3.05) is 5.32 Å². The predicted molar refractivity (Wildman–Crippen MR) is 107 cm³/mol. The van der Waals surface area contributed by atoms with Gasteiger partial charge >= 0.3 is 0 Å². The zero-order valence-corrected chi connectivity index (χ0v) is 16.3. The van der Waals surface area contributed by atoms with Gasteiger partial charge in [-0.05, 0) is 50.6 Å². The van der Waals surface area contributed by atoms with Gasteiger partial charge in [0.15, 0.2) is 0 Å². The summed E-state index contributed by atoms with van der Waals surface area (Å²) in [5.41, 5.74) is 5.08. The molecule has 1 aromatic heterocycles. The van der Waals surface area contributed by atoms with E-state index in [9.17, 15) is 4.79 Å². The second kappa shape index (κ2) is 7.52. The van der Waals surface area contributed by atoms with E-state index in [1.165, 1.54) is 5.56 Å². The average Bonchev–Trinajstić information content (AvgIpc) is 2.87. The molecule has 0 bridgehead atoms. The first kappa shape index (κ1) is 18.5. The standard InChI is InChI=1S/C20H19Cl2N3O/c1-12-7-9-15(10-8-12)25-14(3)20(13(2)24-25)23-19(26)11-16-17(21)5-4-6-18(16)22/h4-10H,11H2,1-3H3,(H,23,26). The third kappa shape index (κ3) is 3.76. The molecule has 1 amide bonds. The lowest BCUT2D eigenvalue weighted by molar-refractivity contribution is -0.115. The number of aryl methyl sites for hydroxylation is 2. The van der Waals surface area contributed by atoms with Gasteiger partial charge < -0.3 is 5.32 Å². The zero-order chi connectivity index (χ0) is 18.8. The van der Waals surface area contributed by atoms with Gasteiger partial charge in [-0.3, -0.25) is 4.79 Å². The van der Waals surface area contributed by atoms with Gasteiger partial charge in [-0.1, -0.05) is 47.0 Å². The summed E-state index contributed by atoms with van der Waals surface area (Å²) in [6, 6.07) is 13.3. The van der Waals surface area contributed by atoms with Gasteiger partial charge in [0.1, 0.15) is 0 Å². The predicted octanol–water partition coefficient (Wildman–Crippen LogP) is 5.29. The van der Waals surface area contributed by atoms with E-state index < -0.39 is 0 Å². The maximum atomic E-state index is 12.5. The topological polar surface area (TPSA) is 46.9 Å². The van der Waals surface area contributed by atoms with Gasteiger partial charge in [0.05, 0.1) is 29.2 Å². The SMILES string of the molecule is Cc1ccc(-n2nc(C)c(NC(=O)Cc3c(Cl)cccc3Cl)c2C)cc1. The average molecular weight is 388 g/mol. The van der Waals surface area contributed by atoms with E-state index in [-0.39, 0.29) is 12.3 Å². The quantitative estimate of drug-likeness (QED) is 0.661. The first-order chi connectivity index (χ1) is 12.4. The summed E-state index contributed by atoms with van der Waals surface area (Å²) in [5.74, 6) is -0.186. The second-order valence-corrected chi connectivity index (χ2v) is 7.03. The van der Waals surface area contributed by atoms with Crippen LogP contribution in [0.1, 0.15) is 22.5 Å². The molecule has 0 aliphatic heterocycles. The normalized spacial score (nSPS) is 10.8. The molecular formula is C20H19Cl2N3O. The Balaban J connectivity index is 1.84. The van der Waals surface area contributed by atoms with E-state index in [4.69, 9.17) is 23.2 Å². The van der Waals surface area contributed by atoms with E-state index in [2.05, 4.69) is 10.4 Å². The summed E-state index contributed by atoms with van der Waals surface area (Å²) in [4.78, 5) is 12.5. The number of nitrogens with one attached hydrogen (secondary N) is 1. The fourth-order valence-corrected chi connectivity index (χ4v) is 3.34. The molecule has 0 radical (unpaired) electrons. The third-order valence-corrected chi connectivity index (χ3v) is 4.94. The summed E-state index contributed by atoms with van der Waals surface area (Å²) in [5, 5.41) is 8.46. The van der Waals surface area contributed by atoms with E-state index in [1.807, 2.05) is 49.7 Å². The van der Waals surface area contributed by atoms with E-state index >= 15 is 0 Å². The summed E-state index contributed by atoms with van der Waals surface area (Å²) < 4.78 is 1.83. The number of halogens is 2. The molecule has 1 heterocycles. The van der Waals surface area contributed by atoms with Crippen LogP contribution in [0.15, 0.2) is 42.5 Å². The molecule has 0 atom stereocenters. The minimum atomic E-state index is -0.186. The van der Waals surface area contributed by atoms with Gasteiger partial charge in [-0.25, -0.2) is 4.68 Å². The first-order valence-electron chi connectivity index (χ1n) is 8.23. The molecule has 0 saturated carbocycles. The molecule has 2 aromatic carbocycles. The summed E-state index contributed by atoms with van der Waals surface area (Å²) in [6.45, 7) is 5.84. The Morgan fingerprint density at radius 2 is 1.65 bits per heavy atom. The number of rotatable bonds is 4. The van der Waals surface area contributed by atoms with Crippen LogP contribution in [0.3, 0.4) is 0 Å². The molecule has 0 saturated heterocycles. The van der Waals surface area contributed by atoms with Crippen LogP contribution in [0.5, 0.6) is 0 Å². The van der Waals surface area contributed by atoms with Crippen LogP contribution in [0.2, 0.25) is 10.0 Å². The van der Waals surface area contributed by atoms with Crippen LogP contribution >= 0.6 is 23.2 Å². The molecular weight excluding hydrogens is 369 g/mol. The van der Waals surface area contributed by atoms with Crippen molar-refractivity contribution < 1.29 is 4.79 Å². The van der Waals surface area contributed by atoms with Gasteiger partial charge in [0.2, 0.25) is 5.91 Å². The Labute approximate surface area is 162 Å². The maximum Gasteiger partial charge on any atom is 0.229 e. The molecule has 3 rings (SSSR count). The monoisotopic (exact) mass is 387 g/mol. The molecule has 0 spiro atoms. The van der Waals surface area contributed by atoms with Gasteiger partial charge in [0.25, 0.3) is 0 Å². The highest BCUT2D eigenvalue weighted by Crippen LogP contribution is 2.27. The molecule has 0 fully saturated rings. The lowest BCUT2D eigenvalue weighted by Crippen LogP contribution is -2.16. The summed E-state index contributed by atoms with van der Waals surface area (Å²) in [6.07, 6.45) is 0.104. The molecule has 6 heteroatoms. The number of aromatic nitrogens is 2. The molecule has 3 aromatic rings. The highest BCUT2D eigenvalue weighted by atomic mass is 35.5. The lowest BCUT2D eigenvalue weighted by Gasteiger charge is -2.09. The van der Waals surface area contributed by atoms with Crippen molar-refractivity contribution in [2.24, 2.45) is 0 Å². The number of carbonyl (C=O) groups excluding carboxylic acids is 1. The van der Waals surface area contributed by atoms with E-state index in [0.717, 1.165) is 17.1 Å². The van der Waals surface area contributed by atoms with Crippen molar-refractivity contribution in [1.82, 2.24) is 9.78 Å². The molecule has 134 valence electrons. The molecule has 0 unspecified atom stereocenters. The van der Waals surface area contributed by atoms with Crippen LogP contribution in [0.25, 0.3) is 5.69 Å². The molecule has 26 heavy (non-hydrogen) atoms. The Hall–Kier alpha value is -2.30. The molecule has 0 aliphatic carbocycles. The fraction of sp³-hybridized carbons (Fsp3) is 0.200. The smallest absolute Gasteiger partial charge is 0.229 e. The van der Waals surface area contributed by atoms with Crippen molar-refractivity contribution >= 4 is 34.8 Å². The number of nitrogens with zero attached hydrogens (tertiary/aromatic N) is 2. The maximum absolute atomic E-state index is 12.5. The largest absolute Gasteiger partial charge is 0.323 e. The number of benzene rings is 2. The van der Waals surface area contributed by atoms with Crippen LogP contribution in [0.4, 0.5) is 5.69 Å². The van der Waals surface area contributed by atoms with Gasteiger partial charge in [0, 0.05) is 10.0 Å². The van der Waals surface area contributed by atoms with Crippen molar-refractivity contribution in [3.63, 3.8) is 0 Å². The molecule has 0 aliphatic rings. The van der Waals surface area contributed by atoms with Crippen LogP contribution in [-0.4, -0.2) is 15.7 Å². The number of hydrogen-bond donors (Lipinski definition) is 1. The molecule has 1 N–H and O–H groups in total. The number of anilines is 1. The van der Waals surface area contributed by atoms with Crippen LogP contribution in [0, 0.1) is 20.8 Å². The highest BCUT2D eigenvalue weighted by molar-refractivity contribution is 6.36. The first-order valence-corrected chi connectivity index (χ1v) is 8.98. The minimum Gasteiger partial charge on any atom is -0.323 e. The number of carbonyl (C=O) groups is 1. The van der Waals surface area contributed by atoms with Crippen LogP contribution in [-0.2, 0) is 11.2 Å². The van der Waals surface area contributed by atoms with Crippen LogP contribution < -0.4 is 5.32 Å². The lowest BCUT2D eigenvalue weighted by atomic mass is 10.1. The number of hydrogen-bond acceptors (Lipinski definition) is 2. The van der Waals surface area contributed by atoms with Crippen molar-refractivity contribution in [3.8, 4) is 5.69 Å². The van der Waals surface area contributed by atoms with Crippen molar-refractivity contribution in [1.29, 1.82) is 0 Å². The van der Waals surface area contributed by atoms with Crippen molar-refractivity contribution in [2.45, 2.75) is 27.2 Å². The second-order valence-electron chi connectivity index (χ2n) is 6.22. The van der Waals surface area contributed by atoms with E-state index in [1.54, 1.807) is 18.2 Å².